The molecular formula is C9H11O4-. The first kappa shape index (κ1) is 9.77. The molecule has 2 atom stereocenters. The van der Waals surface area contributed by atoms with Crippen LogP contribution in [-0.2, 0) is 9.59 Å². The Labute approximate surface area is 75.9 Å². The number of carboxylic acids is 2. The molecule has 72 valence electrons. The van der Waals surface area contributed by atoms with Crippen molar-refractivity contribution in [2.75, 3.05) is 0 Å². The molecule has 0 amide bonds. The van der Waals surface area contributed by atoms with Gasteiger partial charge in [-0.05, 0) is 11.3 Å². The number of hydrogen-bond donors (Lipinski definition) is 1. The van der Waals surface area contributed by atoms with E-state index in [1.54, 1.807) is 13.8 Å². The van der Waals surface area contributed by atoms with Gasteiger partial charge in [0.15, 0.2) is 0 Å². The Kier molecular flexibility index (Phi) is 2.15. The van der Waals surface area contributed by atoms with Gasteiger partial charge in [-0.3, -0.25) is 0 Å². The molecule has 4 heteroatoms. The smallest absolute Gasteiger partial charge is 0.327 e. The van der Waals surface area contributed by atoms with Gasteiger partial charge in [0, 0.05) is 18.0 Å². The lowest BCUT2D eigenvalue weighted by Gasteiger charge is -2.01. The number of aliphatic carboxylic acids is 2. The second kappa shape index (κ2) is 2.87. The Hall–Kier alpha value is -1.32. The summed E-state index contributed by atoms with van der Waals surface area (Å²) < 4.78 is 0. The van der Waals surface area contributed by atoms with Gasteiger partial charge in [-0.2, -0.15) is 0 Å². The van der Waals surface area contributed by atoms with Crippen LogP contribution in [-0.4, -0.2) is 17.0 Å². The van der Waals surface area contributed by atoms with Crippen LogP contribution in [0.3, 0.4) is 0 Å². The number of carbonyl (C=O) groups excluding carboxylic acids is 1. The molecule has 1 fully saturated rings. The van der Waals surface area contributed by atoms with E-state index in [0.717, 1.165) is 6.08 Å². The fraction of sp³-hybridized carbons (Fsp3) is 0.556. The van der Waals surface area contributed by atoms with Crippen molar-refractivity contribution in [3.05, 3.63) is 12.2 Å². The van der Waals surface area contributed by atoms with Gasteiger partial charge in [0.25, 0.3) is 0 Å². The van der Waals surface area contributed by atoms with E-state index in [1.165, 1.54) is 6.08 Å². The Morgan fingerprint density at radius 1 is 1.46 bits per heavy atom. The van der Waals surface area contributed by atoms with Crippen LogP contribution in [0.5, 0.6) is 0 Å². The molecule has 1 rings (SSSR count). The fourth-order valence-corrected chi connectivity index (χ4v) is 1.67. The average molecular weight is 183 g/mol. The van der Waals surface area contributed by atoms with Crippen LogP contribution in [0.15, 0.2) is 12.2 Å². The molecule has 0 saturated heterocycles. The van der Waals surface area contributed by atoms with Gasteiger partial charge in [-0.1, -0.05) is 19.9 Å². The quantitative estimate of drug-likeness (QED) is 0.606. The van der Waals surface area contributed by atoms with Crippen LogP contribution < -0.4 is 5.11 Å². The van der Waals surface area contributed by atoms with Gasteiger partial charge < -0.3 is 15.0 Å². The first-order valence-corrected chi connectivity index (χ1v) is 3.99. The largest absolute Gasteiger partial charge is 0.550 e. The Morgan fingerprint density at radius 2 is 2.00 bits per heavy atom. The van der Waals surface area contributed by atoms with Crippen molar-refractivity contribution >= 4 is 11.9 Å². The summed E-state index contributed by atoms with van der Waals surface area (Å²) in [6.45, 7) is 3.56. The van der Waals surface area contributed by atoms with Crippen LogP contribution in [0.25, 0.3) is 0 Å². The summed E-state index contributed by atoms with van der Waals surface area (Å²) in [5, 5.41) is 18.9. The van der Waals surface area contributed by atoms with Crippen LogP contribution in [0.4, 0.5) is 0 Å². The van der Waals surface area contributed by atoms with E-state index in [1.807, 2.05) is 0 Å². The lowest BCUT2D eigenvalue weighted by molar-refractivity contribution is -0.309. The molecule has 0 spiro atoms. The molecule has 2 unspecified atom stereocenters. The minimum absolute atomic E-state index is 0.214. The van der Waals surface area contributed by atoms with E-state index in [9.17, 15) is 14.7 Å². The maximum Gasteiger partial charge on any atom is 0.327 e. The Morgan fingerprint density at radius 3 is 2.31 bits per heavy atom. The van der Waals surface area contributed by atoms with Crippen molar-refractivity contribution in [3.8, 4) is 0 Å². The maximum atomic E-state index is 10.5. The summed E-state index contributed by atoms with van der Waals surface area (Å²) in [6.07, 6.45) is 2.40. The van der Waals surface area contributed by atoms with Gasteiger partial charge in [-0.15, -0.1) is 0 Å². The van der Waals surface area contributed by atoms with Crippen molar-refractivity contribution in [2.45, 2.75) is 13.8 Å². The number of carbonyl (C=O) groups is 2. The second-order valence-corrected chi connectivity index (χ2v) is 3.84. The average Bonchev–Trinajstić information content (AvgIpc) is 2.48. The molecular weight excluding hydrogens is 172 g/mol. The third-order valence-corrected chi connectivity index (χ3v) is 2.61. The highest BCUT2D eigenvalue weighted by atomic mass is 16.4. The van der Waals surface area contributed by atoms with Gasteiger partial charge in [0.1, 0.15) is 0 Å². The van der Waals surface area contributed by atoms with Crippen LogP contribution in [0.2, 0.25) is 0 Å². The molecule has 1 aliphatic rings. The highest BCUT2D eigenvalue weighted by molar-refractivity contribution is 5.81. The van der Waals surface area contributed by atoms with Crippen molar-refractivity contribution in [1.29, 1.82) is 0 Å². The van der Waals surface area contributed by atoms with Gasteiger partial charge in [-0.25, -0.2) is 4.79 Å². The highest BCUT2D eigenvalue weighted by Gasteiger charge is 2.56. The minimum Gasteiger partial charge on any atom is -0.550 e. The predicted octanol–water partition coefficient (Wildman–Crippen LogP) is -0.351. The van der Waals surface area contributed by atoms with Crippen molar-refractivity contribution in [3.63, 3.8) is 0 Å². The molecule has 0 bridgehead atoms. The van der Waals surface area contributed by atoms with E-state index >= 15 is 0 Å². The summed E-state index contributed by atoms with van der Waals surface area (Å²) in [6, 6.07) is 0. The first-order valence-electron chi connectivity index (χ1n) is 3.99. The minimum atomic E-state index is -1.11. The predicted molar refractivity (Wildman–Crippen MR) is 42.5 cm³/mol. The molecule has 1 aliphatic carbocycles. The third-order valence-electron chi connectivity index (χ3n) is 2.61. The molecule has 0 aromatic carbocycles. The summed E-state index contributed by atoms with van der Waals surface area (Å²) >= 11 is 0. The Bertz CT molecular complexity index is 277. The maximum absolute atomic E-state index is 10.5. The number of carboxylic acid groups (broad SMARTS) is 2. The zero-order valence-corrected chi connectivity index (χ0v) is 7.48. The van der Waals surface area contributed by atoms with Crippen LogP contribution >= 0.6 is 0 Å². The zero-order chi connectivity index (χ0) is 10.2. The normalized spacial score (nSPS) is 30.3. The van der Waals surface area contributed by atoms with Gasteiger partial charge in [0.2, 0.25) is 0 Å². The monoisotopic (exact) mass is 183 g/mol. The van der Waals surface area contributed by atoms with Crippen molar-refractivity contribution < 1.29 is 19.8 Å². The number of allylic oxidation sites excluding steroid dienone is 1. The molecule has 13 heavy (non-hydrogen) atoms. The number of hydrogen-bond acceptors (Lipinski definition) is 3. The topological polar surface area (TPSA) is 77.4 Å². The molecule has 4 nitrogen and oxygen atoms in total. The van der Waals surface area contributed by atoms with Crippen LogP contribution in [0.1, 0.15) is 13.8 Å². The molecule has 1 saturated carbocycles. The van der Waals surface area contributed by atoms with Crippen LogP contribution in [0, 0.1) is 17.3 Å². The standard InChI is InChI=1S/C9H12O4/c1-9(2)5(3-4-6(10)11)7(9)8(12)13/h3-5,7H,1-2H3,(H,10,11)(H,12,13)/p-1/b4-3+. The van der Waals surface area contributed by atoms with E-state index in [0.29, 0.717) is 0 Å². The molecule has 0 aliphatic heterocycles. The molecule has 0 heterocycles. The number of rotatable bonds is 3. The van der Waals surface area contributed by atoms with E-state index < -0.39 is 17.9 Å². The second-order valence-electron chi connectivity index (χ2n) is 3.84. The van der Waals surface area contributed by atoms with E-state index in [4.69, 9.17) is 5.11 Å². The molecule has 0 aromatic heterocycles. The molecule has 0 radical (unpaired) electrons. The SMILES string of the molecule is CC1(C)C(/C=C/C(=O)O)C1C(=O)[O-]. The van der Waals surface area contributed by atoms with Gasteiger partial charge >= 0.3 is 5.97 Å². The summed E-state index contributed by atoms with van der Waals surface area (Å²) in [5.74, 6) is -2.93. The van der Waals surface area contributed by atoms with Crippen molar-refractivity contribution in [2.24, 2.45) is 17.3 Å². The Balaban J connectivity index is 2.66. The summed E-state index contributed by atoms with van der Waals surface area (Å²) in [7, 11) is 0. The molecule has 0 aromatic rings. The zero-order valence-electron chi connectivity index (χ0n) is 7.48. The summed E-state index contributed by atoms with van der Waals surface area (Å²) in [4.78, 5) is 20.7. The lowest BCUT2D eigenvalue weighted by atomic mass is 10.1. The fourth-order valence-electron chi connectivity index (χ4n) is 1.67. The van der Waals surface area contributed by atoms with E-state index in [-0.39, 0.29) is 11.3 Å². The van der Waals surface area contributed by atoms with Crippen molar-refractivity contribution in [1.82, 2.24) is 0 Å². The third kappa shape index (κ3) is 1.71. The lowest BCUT2D eigenvalue weighted by Crippen LogP contribution is -2.26. The first-order chi connectivity index (χ1) is 5.87. The highest BCUT2D eigenvalue weighted by Crippen LogP contribution is 2.58. The molecule has 1 N–H and O–H groups in total. The van der Waals surface area contributed by atoms with E-state index in [2.05, 4.69) is 0 Å². The summed E-state index contributed by atoms with van der Waals surface area (Å²) in [5.41, 5.74) is -0.370. The van der Waals surface area contributed by atoms with Gasteiger partial charge in [0.05, 0.1) is 0 Å².